The Bertz CT molecular complexity index is 482. The van der Waals surface area contributed by atoms with E-state index in [1.807, 2.05) is 42.1 Å². The maximum absolute atomic E-state index is 10.3. The maximum atomic E-state index is 10.3. The quantitative estimate of drug-likeness (QED) is 0.858. The Labute approximate surface area is 103 Å². The lowest BCUT2D eigenvalue weighted by atomic mass is 9.99. The third-order valence-electron chi connectivity index (χ3n) is 3.18. The summed E-state index contributed by atoms with van der Waals surface area (Å²) in [6, 6.07) is 12.1. The zero-order chi connectivity index (χ0) is 12.4. The molecule has 0 radical (unpaired) electrons. The van der Waals surface area contributed by atoms with E-state index in [0.29, 0.717) is 5.92 Å². The van der Waals surface area contributed by atoms with Crippen molar-refractivity contribution in [2.45, 2.75) is 25.9 Å². The number of benzene rings is 1. The van der Waals surface area contributed by atoms with Crippen LogP contribution in [0.25, 0.3) is 0 Å². The van der Waals surface area contributed by atoms with Crippen LogP contribution in [0.5, 0.6) is 0 Å². The van der Waals surface area contributed by atoms with Gasteiger partial charge in [-0.15, -0.1) is 0 Å². The SMILES string of the molecule is CC(C)c1ccc([C@@H](O)c2cccn2C)cc1. The van der Waals surface area contributed by atoms with Crippen molar-refractivity contribution in [3.63, 3.8) is 0 Å². The highest BCUT2D eigenvalue weighted by atomic mass is 16.3. The summed E-state index contributed by atoms with van der Waals surface area (Å²) in [5.74, 6) is 0.524. The van der Waals surface area contributed by atoms with E-state index in [0.717, 1.165) is 11.3 Å². The predicted octanol–water partition coefficient (Wildman–Crippen LogP) is 3.23. The Morgan fingerprint density at radius 1 is 1.00 bits per heavy atom. The fraction of sp³-hybridized carbons (Fsp3) is 0.333. The minimum atomic E-state index is -0.545. The first kappa shape index (κ1) is 11.9. The number of nitrogens with zero attached hydrogens (tertiary/aromatic N) is 1. The first-order valence-electron chi connectivity index (χ1n) is 5.98. The molecule has 2 aromatic rings. The van der Waals surface area contributed by atoms with Crippen LogP contribution in [0.1, 0.15) is 42.7 Å². The molecule has 90 valence electrons. The van der Waals surface area contributed by atoms with Crippen molar-refractivity contribution >= 4 is 0 Å². The van der Waals surface area contributed by atoms with Gasteiger partial charge >= 0.3 is 0 Å². The molecule has 0 fully saturated rings. The standard InChI is InChI=1S/C15H19NO/c1-11(2)12-6-8-13(9-7-12)15(17)14-5-4-10-16(14)3/h4-11,15,17H,1-3H3/t15-/m1/s1. The van der Waals surface area contributed by atoms with Crippen LogP contribution >= 0.6 is 0 Å². The van der Waals surface area contributed by atoms with E-state index in [9.17, 15) is 5.11 Å². The summed E-state index contributed by atoms with van der Waals surface area (Å²) in [5, 5.41) is 10.3. The van der Waals surface area contributed by atoms with E-state index in [-0.39, 0.29) is 0 Å². The van der Waals surface area contributed by atoms with Gasteiger partial charge in [-0.25, -0.2) is 0 Å². The van der Waals surface area contributed by atoms with Gasteiger partial charge in [0.2, 0.25) is 0 Å². The average molecular weight is 229 g/mol. The summed E-state index contributed by atoms with van der Waals surface area (Å²) in [6.45, 7) is 4.34. The molecule has 0 aliphatic carbocycles. The Kier molecular flexibility index (Phi) is 3.34. The maximum Gasteiger partial charge on any atom is 0.119 e. The van der Waals surface area contributed by atoms with Gasteiger partial charge in [-0.1, -0.05) is 38.1 Å². The highest BCUT2D eigenvalue weighted by Crippen LogP contribution is 2.23. The van der Waals surface area contributed by atoms with Crippen molar-refractivity contribution in [1.29, 1.82) is 0 Å². The number of aliphatic hydroxyl groups is 1. The van der Waals surface area contributed by atoms with E-state index in [2.05, 4.69) is 26.0 Å². The molecule has 0 aliphatic rings. The Hall–Kier alpha value is -1.54. The molecule has 0 aliphatic heterocycles. The molecule has 0 amide bonds. The zero-order valence-electron chi connectivity index (χ0n) is 10.6. The van der Waals surface area contributed by atoms with E-state index in [4.69, 9.17) is 0 Å². The molecule has 1 N–H and O–H groups in total. The summed E-state index contributed by atoms with van der Waals surface area (Å²) < 4.78 is 1.95. The van der Waals surface area contributed by atoms with Crippen molar-refractivity contribution in [3.8, 4) is 0 Å². The second kappa shape index (κ2) is 4.76. The molecule has 1 aromatic heterocycles. The predicted molar refractivity (Wildman–Crippen MR) is 70.0 cm³/mol. The molecular weight excluding hydrogens is 210 g/mol. The molecule has 0 saturated carbocycles. The van der Waals surface area contributed by atoms with Crippen LogP contribution in [0.2, 0.25) is 0 Å². The molecule has 0 saturated heterocycles. The number of aliphatic hydroxyl groups excluding tert-OH is 1. The molecule has 0 bridgehead atoms. The van der Waals surface area contributed by atoms with E-state index >= 15 is 0 Å². The van der Waals surface area contributed by atoms with Gasteiger partial charge in [-0.3, -0.25) is 0 Å². The first-order chi connectivity index (χ1) is 8.09. The number of hydrogen-bond donors (Lipinski definition) is 1. The topological polar surface area (TPSA) is 25.2 Å². The smallest absolute Gasteiger partial charge is 0.119 e. The fourth-order valence-corrected chi connectivity index (χ4v) is 1.99. The normalized spacial score (nSPS) is 13.0. The van der Waals surface area contributed by atoms with Gasteiger partial charge in [0.1, 0.15) is 6.10 Å². The van der Waals surface area contributed by atoms with Gasteiger partial charge in [0.25, 0.3) is 0 Å². The molecule has 2 heteroatoms. The third-order valence-corrected chi connectivity index (χ3v) is 3.18. The minimum Gasteiger partial charge on any atom is -0.382 e. The second-order valence-corrected chi connectivity index (χ2v) is 4.77. The highest BCUT2D eigenvalue weighted by molar-refractivity contribution is 5.30. The number of aryl methyl sites for hydroxylation is 1. The zero-order valence-corrected chi connectivity index (χ0v) is 10.6. The minimum absolute atomic E-state index is 0.524. The number of rotatable bonds is 3. The second-order valence-electron chi connectivity index (χ2n) is 4.77. The molecule has 1 atom stereocenters. The van der Waals surface area contributed by atoms with Gasteiger partial charge < -0.3 is 9.67 Å². The lowest BCUT2D eigenvalue weighted by Crippen LogP contribution is -2.05. The summed E-state index contributed by atoms with van der Waals surface area (Å²) in [4.78, 5) is 0. The largest absolute Gasteiger partial charge is 0.382 e. The van der Waals surface area contributed by atoms with Crippen LogP contribution in [0, 0.1) is 0 Å². The first-order valence-corrected chi connectivity index (χ1v) is 5.98. The van der Waals surface area contributed by atoms with Crippen molar-refractivity contribution in [3.05, 3.63) is 59.4 Å². The Morgan fingerprint density at radius 2 is 1.59 bits per heavy atom. The fourth-order valence-electron chi connectivity index (χ4n) is 1.99. The molecule has 1 aromatic carbocycles. The van der Waals surface area contributed by atoms with Crippen LogP contribution in [0.3, 0.4) is 0 Å². The Balaban J connectivity index is 2.26. The van der Waals surface area contributed by atoms with E-state index < -0.39 is 6.10 Å². The van der Waals surface area contributed by atoms with Crippen molar-refractivity contribution in [1.82, 2.24) is 4.57 Å². The van der Waals surface area contributed by atoms with Crippen LogP contribution in [0.15, 0.2) is 42.6 Å². The average Bonchev–Trinajstić information content (AvgIpc) is 2.74. The molecule has 17 heavy (non-hydrogen) atoms. The highest BCUT2D eigenvalue weighted by Gasteiger charge is 2.12. The summed E-state index contributed by atoms with van der Waals surface area (Å²) >= 11 is 0. The van der Waals surface area contributed by atoms with Gasteiger partial charge in [0.05, 0.1) is 5.69 Å². The number of aromatic nitrogens is 1. The molecule has 2 rings (SSSR count). The van der Waals surface area contributed by atoms with Crippen molar-refractivity contribution < 1.29 is 5.11 Å². The molecule has 0 unspecified atom stereocenters. The summed E-state index contributed by atoms with van der Waals surface area (Å²) in [7, 11) is 1.95. The Morgan fingerprint density at radius 3 is 2.06 bits per heavy atom. The van der Waals surface area contributed by atoms with E-state index in [1.54, 1.807) is 0 Å². The van der Waals surface area contributed by atoms with Crippen molar-refractivity contribution in [2.24, 2.45) is 7.05 Å². The number of hydrogen-bond acceptors (Lipinski definition) is 1. The lowest BCUT2D eigenvalue weighted by molar-refractivity contribution is 0.211. The van der Waals surface area contributed by atoms with Crippen LogP contribution in [-0.2, 0) is 7.05 Å². The van der Waals surface area contributed by atoms with Crippen LogP contribution in [-0.4, -0.2) is 9.67 Å². The summed E-state index contributed by atoms with van der Waals surface area (Å²) in [5.41, 5.74) is 3.16. The molecule has 2 nitrogen and oxygen atoms in total. The molecule has 0 spiro atoms. The van der Waals surface area contributed by atoms with Crippen LogP contribution < -0.4 is 0 Å². The van der Waals surface area contributed by atoms with Gasteiger partial charge in [0.15, 0.2) is 0 Å². The molecule has 1 heterocycles. The monoisotopic (exact) mass is 229 g/mol. The van der Waals surface area contributed by atoms with Gasteiger partial charge in [-0.2, -0.15) is 0 Å². The summed E-state index contributed by atoms with van der Waals surface area (Å²) in [6.07, 6.45) is 1.40. The lowest BCUT2D eigenvalue weighted by Gasteiger charge is -2.13. The van der Waals surface area contributed by atoms with E-state index in [1.165, 1.54) is 5.56 Å². The van der Waals surface area contributed by atoms with Gasteiger partial charge in [0, 0.05) is 13.2 Å². The van der Waals surface area contributed by atoms with Gasteiger partial charge in [-0.05, 0) is 29.2 Å². The third kappa shape index (κ3) is 2.42. The molecular formula is C15H19NO. The van der Waals surface area contributed by atoms with Crippen LogP contribution in [0.4, 0.5) is 0 Å². The van der Waals surface area contributed by atoms with Crippen molar-refractivity contribution in [2.75, 3.05) is 0 Å².